The number of para-hydroxylation sites is 1. The van der Waals surface area contributed by atoms with Crippen molar-refractivity contribution < 1.29 is 0 Å². The predicted molar refractivity (Wildman–Crippen MR) is 59.3 cm³/mol. The molecule has 0 fully saturated rings. The van der Waals surface area contributed by atoms with Crippen LogP contribution in [0.5, 0.6) is 0 Å². The van der Waals surface area contributed by atoms with Crippen LogP contribution >= 0.6 is 0 Å². The molecule has 1 heterocycles. The SMILES string of the molecule is Cc1ccccc1-n1cnc(C(=N)N)c1. The zero-order valence-electron chi connectivity index (χ0n) is 8.44. The van der Waals surface area contributed by atoms with Crippen molar-refractivity contribution in [3.63, 3.8) is 0 Å². The van der Waals surface area contributed by atoms with Gasteiger partial charge < -0.3 is 10.3 Å². The lowest BCUT2D eigenvalue weighted by Gasteiger charge is -2.04. The average molecular weight is 200 g/mol. The van der Waals surface area contributed by atoms with Gasteiger partial charge in [-0.15, -0.1) is 0 Å². The van der Waals surface area contributed by atoms with Crippen molar-refractivity contribution in [3.05, 3.63) is 48.0 Å². The quantitative estimate of drug-likeness (QED) is 0.569. The number of nitrogens with one attached hydrogen (secondary N) is 1. The second kappa shape index (κ2) is 3.57. The Morgan fingerprint density at radius 1 is 1.40 bits per heavy atom. The number of hydrogen-bond donors (Lipinski definition) is 2. The number of nitrogens with zero attached hydrogens (tertiary/aromatic N) is 2. The van der Waals surface area contributed by atoms with Crippen molar-refractivity contribution in [3.8, 4) is 5.69 Å². The second-order valence-electron chi connectivity index (χ2n) is 3.37. The minimum absolute atomic E-state index is 0.0117. The van der Waals surface area contributed by atoms with E-state index >= 15 is 0 Å². The highest BCUT2D eigenvalue weighted by Gasteiger charge is 2.04. The molecule has 4 heteroatoms. The first kappa shape index (κ1) is 9.45. The Bertz CT molecular complexity index is 499. The van der Waals surface area contributed by atoms with Crippen molar-refractivity contribution in [1.82, 2.24) is 9.55 Å². The van der Waals surface area contributed by atoms with E-state index in [0.717, 1.165) is 11.3 Å². The smallest absolute Gasteiger partial charge is 0.143 e. The van der Waals surface area contributed by atoms with Crippen LogP contribution in [-0.4, -0.2) is 15.4 Å². The zero-order valence-corrected chi connectivity index (χ0v) is 8.44. The van der Waals surface area contributed by atoms with Gasteiger partial charge >= 0.3 is 0 Å². The summed E-state index contributed by atoms with van der Waals surface area (Å²) in [7, 11) is 0. The van der Waals surface area contributed by atoms with Gasteiger partial charge in [0.15, 0.2) is 0 Å². The van der Waals surface area contributed by atoms with Crippen LogP contribution in [0.3, 0.4) is 0 Å². The van der Waals surface area contributed by atoms with E-state index in [9.17, 15) is 0 Å². The summed E-state index contributed by atoms with van der Waals surface area (Å²) in [6, 6.07) is 7.99. The van der Waals surface area contributed by atoms with E-state index in [0.29, 0.717) is 5.69 Å². The summed E-state index contributed by atoms with van der Waals surface area (Å²) in [5.74, 6) is -0.0117. The molecule has 76 valence electrons. The fraction of sp³-hybridized carbons (Fsp3) is 0.0909. The Balaban J connectivity index is 2.46. The molecule has 0 spiro atoms. The van der Waals surface area contributed by atoms with Gasteiger partial charge in [-0.2, -0.15) is 0 Å². The number of nitrogens with two attached hydrogens (primary N) is 1. The third-order valence-corrected chi connectivity index (χ3v) is 2.25. The van der Waals surface area contributed by atoms with Crippen molar-refractivity contribution in [2.24, 2.45) is 5.73 Å². The summed E-state index contributed by atoms with van der Waals surface area (Å²) < 4.78 is 1.87. The maximum Gasteiger partial charge on any atom is 0.143 e. The normalized spacial score (nSPS) is 10.2. The first-order valence-corrected chi connectivity index (χ1v) is 4.63. The summed E-state index contributed by atoms with van der Waals surface area (Å²) in [5.41, 5.74) is 8.06. The molecule has 0 aliphatic heterocycles. The Morgan fingerprint density at radius 2 is 2.13 bits per heavy atom. The number of amidine groups is 1. The minimum Gasteiger partial charge on any atom is -0.382 e. The van der Waals surface area contributed by atoms with E-state index in [1.54, 1.807) is 12.5 Å². The van der Waals surface area contributed by atoms with Gasteiger partial charge in [0, 0.05) is 11.9 Å². The molecular weight excluding hydrogens is 188 g/mol. The second-order valence-corrected chi connectivity index (χ2v) is 3.37. The van der Waals surface area contributed by atoms with Gasteiger partial charge in [-0.25, -0.2) is 4.98 Å². The van der Waals surface area contributed by atoms with Gasteiger partial charge in [0.05, 0.1) is 0 Å². The highest BCUT2D eigenvalue weighted by Crippen LogP contribution is 2.13. The van der Waals surface area contributed by atoms with Gasteiger partial charge in [0.25, 0.3) is 0 Å². The summed E-state index contributed by atoms with van der Waals surface area (Å²) in [4.78, 5) is 4.05. The van der Waals surface area contributed by atoms with E-state index in [4.69, 9.17) is 11.1 Å². The molecule has 0 bridgehead atoms. The summed E-state index contributed by atoms with van der Waals surface area (Å²) in [6.07, 6.45) is 3.42. The van der Waals surface area contributed by atoms with Crippen LogP contribution in [0.15, 0.2) is 36.8 Å². The molecule has 15 heavy (non-hydrogen) atoms. The number of benzene rings is 1. The molecule has 0 radical (unpaired) electrons. The summed E-state index contributed by atoms with van der Waals surface area (Å²) >= 11 is 0. The molecule has 0 aliphatic carbocycles. The van der Waals surface area contributed by atoms with Gasteiger partial charge in [-0.05, 0) is 18.6 Å². The topological polar surface area (TPSA) is 67.7 Å². The molecule has 4 nitrogen and oxygen atoms in total. The molecule has 0 saturated heterocycles. The van der Waals surface area contributed by atoms with Crippen LogP contribution in [0.1, 0.15) is 11.3 Å². The number of aromatic nitrogens is 2. The summed E-state index contributed by atoms with van der Waals surface area (Å²) in [6.45, 7) is 2.03. The fourth-order valence-corrected chi connectivity index (χ4v) is 1.45. The molecule has 0 saturated carbocycles. The van der Waals surface area contributed by atoms with Crippen LogP contribution in [0, 0.1) is 12.3 Å². The number of aryl methyl sites for hydroxylation is 1. The average Bonchev–Trinajstić information content (AvgIpc) is 2.67. The van der Waals surface area contributed by atoms with E-state index in [1.807, 2.05) is 35.8 Å². The minimum atomic E-state index is -0.0117. The predicted octanol–water partition coefficient (Wildman–Crippen LogP) is 1.46. The lowest BCUT2D eigenvalue weighted by atomic mass is 10.2. The molecule has 1 aromatic heterocycles. The molecule has 0 unspecified atom stereocenters. The monoisotopic (exact) mass is 200 g/mol. The Hall–Kier alpha value is -2.10. The third-order valence-electron chi connectivity index (χ3n) is 2.25. The van der Waals surface area contributed by atoms with Gasteiger partial charge in [-0.1, -0.05) is 18.2 Å². The van der Waals surface area contributed by atoms with Crippen LogP contribution in [0.4, 0.5) is 0 Å². The Morgan fingerprint density at radius 3 is 2.73 bits per heavy atom. The highest BCUT2D eigenvalue weighted by atomic mass is 15.0. The van der Waals surface area contributed by atoms with Crippen LogP contribution < -0.4 is 5.73 Å². The van der Waals surface area contributed by atoms with Crippen LogP contribution in [-0.2, 0) is 0 Å². The third kappa shape index (κ3) is 1.74. The fourth-order valence-electron chi connectivity index (χ4n) is 1.45. The molecule has 1 aromatic carbocycles. The standard InChI is InChI=1S/C11H12N4/c1-8-4-2-3-5-10(8)15-6-9(11(12)13)14-7-15/h2-7H,1H3,(H3,12,13). The molecule has 3 N–H and O–H groups in total. The number of rotatable bonds is 2. The zero-order chi connectivity index (χ0) is 10.8. The molecular formula is C11H12N4. The lowest BCUT2D eigenvalue weighted by Crippen LogP contribution is -2.11. The Labute approximate surface area is 87.9 Å². The van der Waals surface area contributed by atoms with Gasteiger partial charge in [0.1, 0.15) is 17.9 Å². The molecule has 2 aromatic rings. The lowest BCUT2D eigenvalue weighted by molar-refractivity contribution is 1.04. The first-order valence-electron chi connectivity index (χ1n) is 4.63. The van der Waals surface area contributed by atoms with E-state index in [2.05, 4.69) is 4.98 Å². The van der Waals surface area contributed by atoms with E-state index in [-0.39, 0.29) is 5.84 Å². The molecule has 0 aliphatic rings. The number of hydrogen-bond acceptors (Lipinski definition) is 2. The first-order chi connectivity index (χ1) is 7.18. The highest BCUT2D eigenvalue weighted by molar-refractivity contribution is 5.92. The van der Waals surface area contributed by atoms with Crippen molar-refractivity contribution in [2.75, 3.05) is 0 Å². The summed E-state index contributed by atoms with van der Waals surface area (Å²) in [5, 5.41) is 7.27. The number of imidazole rings is 1. The van der Waals surface area contributed by atoms with Crippen molar-refractivity contribution in [2.45, 2.75) is 6.92 Å². The van der Waals surface area contributed by atoms with Gasteiger partial charge in [-0.3, -0.25) is 5.41 Å². The van der Waals surface area contributed by atoms with Crippen LogP contribution in [0.25, 0.3) is 5.69 Å². The molecule has 0 atom stereocenters. The largest absolute Gasteiger partial charge is 0.382 e. The van der Waals surface area contributed by atoms with Crippen molar-refractivity contribution >= 4 is 5.84 Å². The van der Waals surface area contributed by atoms with E-state index in [1.165, 1.54) is 0 Å². The molecule has 0 amide bonds. The number of nitrogen functional groups attached to an aromatic ring is 1. The maximum absolute atomic E-state index is 7.27. The van der Waals surface area contributed by atoms with Crippen LogP contribution in [0.2, 0.25) is 0 Å². The maximum atomic E-state index is 7.27. The van der Waals surface area contributed by atoms with E-state index < -0.39 is 0 Å². The molecule has 2 rings (SSSR count). The van der Waals surface area contributed by atoms with Gasteiger partial charge in [0.2, 0.25) is 0 Å². The van der Waals surface area contributed by atoms with Crippen molar-refractivity contribution in [1.29, 1.82) is 5.41 Å². The Kier molecular flexibility index (Phi) is 2.25.